The van der Waals surface area contributed by atoms with Gasteiger partial charge in [-0.15, -0.1) is 0 Å². The summed E-state index contributed by atoms with van der Waals surface area (Å²) in [6.45, 7) is 6.77. The molecule has 0 aromatic carbocycles. The molecule has 2 aliphatic heterocycles. The molecule has 3 heteroatoms. The summed E-state index contributed by atoms with van der Waals surface area (Å²) in [4.78, 5) is 0. The van der Waals surface area contributed by atoms with Crippen LogP contribution in [0.3, 0.4) is 0 Å². The van der Waals surface area contributed by atoms with Crippen LogP contribution in [0.5, 0.6) is 0 Å². The first kappa shape index (κ1) is 14.3. The van der Waals surface area contributed by atoms with E-state index in [-0.39, 0.29) is 11.7 Å². The van der Waals surface area contributed by atoms with E-state index in [0.717, 1.165) is 57.8 Å². The van der Waals surface area contributed by atoms with Gasteiger partial charge in [-0.05, 0) is 50.4 Å². The Morgan fingerprint density at radius 1 is 1.22 bits per heavy atom. The van der Waals surface area contributed by atoms with Crippen molar-refractivity contribution < 1.29 is 14.6 Å². The van der Waals surface area contributed by atoms with E-state index in [9.17, 15) is 5.11 Å². The van der Waals surface area contributed by atoms with Crippen molar-refractivity contribution in [2.75, 3.05) is 19.8 Å². The van der Waals surface area contributed by atoms with Crippen LogP contribution in [0.15, 0.2) is 0 Å². The van der Waals surface area contributed by atoms with E-state index in [4.69, 9.17) is 9.47 Å². The minimum atomic E-state index is -0.140. The van der Waals surface area contributed by atoms with Gasteiger partial charge in [0.1, 0.15) is 0 Å². The molecule has 2 heterocycles. The molecule has 0 aliphatic carbocycles. The van der Waals surface area contributed by atoms with E-state index < -0.39 is 0 Å². The quantitative estimate of drug-likeness (QED) is 0.840. The summed E-state index contributed by atoms with van der Waals surface area (Å²) in [5.74, 6) is 1.10. The lowest BCUT2D eigenvalue weighted by molar-refractivity contribution is -0.148. The van der Waals surface area contributed by atoms with Gasteiger partial charge < -0.3 is 14.6 Å². The van der Waals surface area contributed by atoms with Crippen molar-refractivity contribution in [2.45, 2.75) is 64.1 Å². The summed E-state index contributed by atoms with van der Waals surface area (Å²) in [6, 6.07) is 0. The molecule has 0 amide bonds. The standard InChI is InChI=1S/C15H28O3/c1-12(2)14(16)4-3-13-5-8-18-15(11-13)6-9-17-10-7-15/h12-14,16H,3-11H2,1-2H3. The zero-order chi connectivity index (χ0) is 13.0. The van der Waals surface area contributed by atoms with Crippen molar-refractivity contribution in [2.24, 2.45) is 11.8 Å². The first-order chi connectivity index (χ1) is 8.61. The van der Waals surface area contributed by atoms with Crippen LogP contribution in [0.1, 0.15) is 52.4 Å². The van der Waals surface area contributed by atoms with Gasteiger partial charge in [0.15, 0.2) is 0 Å². The van der Waals surface area contributed by atoms with Crippen LogP contribution in [-0.4, -0.2) is 36.6 Å². The number of aliphatic hydroxyl groups is 1. The summed E-state index contributed by atoms with van der Waals surface area (Å²) < 4.78 is 11.5. The van der Waals surface area contributed by atoms with Crippen LogP contribution in [0.2, 0.25) is 0 Å². The van der Waals surface area contributed by atoms with Crippen molar-refractivity contribution in [3.8, 4) is 0 Å². The van der Waals surface area contributed by atoms with Crippen LogP contribution in [0.4, 0.5) is 0 Å². The average Bonchev–Trinajstić information content (AvgIpc) is 2.37. The van der Waals surface area contributed by atoms with Gasteiger partial charge in [-0.3, -0.25) is 0 Å². The minimum absolute atomic E-state index is 0.101. The molecule has 2 aliphatic rings. The Balaban J connectivity index is 1.79. The number of hydrogen-bond donors (Lipinski definition) is 1. The fourth-order valence-corrected chi connectivity index (χ4v) is 3.21. The zero-order valence-electron chi connectivity index (χ0n) is 11.9. The van der Waals surface area contributed by atoms with Crippen molar-refractivity contribution >= 4 is 0 Å². The number of hydrogen-bond acceptors (Lipinski definition) is 3. The first-order valence-electron chi connectivity index (χ1n) is 7.51. The predicted molar refractivity (Wildman–Crippen MR) is 71.5 cm³/mol. The molecule has 2 unspecified atom stereocenters. The molecule has 0 radical (unpaired) electrons. The SMILES string of the molecule is CC(C)C(O)CCC1CCOC2(CCOCC2)C1. The molecule has 1 spiro atoms. The summed E-state index contributed by atoms with van der Waals surface area (Å²) in [6.07, 6.45) is 6.37. The third kappa shape index (κ3) is 3.69. The number of ether oxygens (including phenoxy) is 2. The Labute approximate surface area is 111 Å². The third-order valence-electron chi connectivity index (χ3n) is 4.64. The molecule has 1 N–H and O–H groups in total. The molecule has 0 saturated carbocycles. The van der Waals surface area contributed by atoms with Crippen molar-refractivity contribution in [1.29, 1.82) is 0 Å². The maximum Gasteiger partial charge on any atom is 0.0729 e. The van der Waals surface area contributed by atoms with Crippen LogP contribution in [0, 0.1) is 11.8 Å². The molecule has 0 aromatic rings. The Morgan fingerprint density at radius 2 is 1.94 bits per heavy atom. The molecule has 106 valence electrons. The maximum atomic E-state index is 9.91. The highest BCUT2D eigenvalue weighted by Crippen LogP contribution is 2.38. The lowest BCUT2D eigenvalue weighted by Crippen LogP contribution is -2.44. The average molecular weight is 256 g/mol. The fraction of sp³-hybridized carbons (Fsp3) is 1.00. The summed E-state index contributed by atoms with van der Waals surface area (Å²) >= 11 is 0. The summed E-state index contributed by atoms with van der Waals surface area (Å²) in [5, 5.41) is 9.91. The monoisotopic (exact) mass is 256 g/mol. The second kappa shape index (κ2) is 6.36. The largest absolute Gasteiger partial charge is 0.393 e. The van der Waals surface area contributed by atoms with E-state index in [0.29, 0.717) is 5.92 Å². The second-order valence-corrected chi connectivity index (χ2v) is 6.39. The molecule has 2 rings (SSSR count). The second-order valence-electron chi connectivity index (χ2n) is 6.39. The van der Waals surface area contributed by atoms with Crippen molar-refractivity contribution in [1.82, 2.24) is 0 Å². The van der Waals surface area contributed by atoms with Crippen LogP contribution < -0.4 is 0 Å². The van der Waals surface area contributed by atoms with Gasteiger partial charge in [0, 0.05) is 19.8 Å². The van der Waals surface area contributed by atoms with E-state index in [1.165, 1.54) is 6.42 Å². The molecule has 2 atom stereocenters. The number of aliphatic hydroxyl groups excluding tert-OH is 1. The smallest absolute Gasteiger partial charge is 0.0729 e. The van der Waals surface area contributed by atoms with Crippen molar-refractivity contribution in [3.63, 3.8) is 0 Å². The van der Waals surface area contributed by atoms with Crippen LogP contribution in [0.25, 0.3) is 0 Å². The minimum Gasteiger partial charge on any atom is -0.393 e. The molecule has 2 fully saturated rings. The first-order valence-corrected chi connectivity index (χ1v) is 7.51. The van der Waals surface area contributed by atoms with Gasteiger partial charge in [0.2, 0.25) is 0 Å². The number of rotatable bonds is 4. The summed E-state index contributed by atoms with van der Waals surface area (Å²) in [5.41, 5.74) is 0.101. The molecular weight excluding hydrogens is 228 g/mol. The third-order valence-corrected chi connectivity index (χ3v) is 4.64. The van der Waals surface area contributed by atoms with Gasteiger partial charge in [0.05, 0.1) is 11.7 Å². The molecule has 0 aromatic heterocycles. The van der Waals surface area contributed by atoms with E-state index >= 15 is 0 Å². The highest BCUT2D eigenvalue weighted by molar-refractivity contribution is 4.89. The highest BCUT2D eigenvalue weighted by Gasteiger charge is 2.38. The molecule has 3 nitrogen and oxygen atoms in total. The maximum absolute atomic E-state index is 9.91. The predicted octanol–water partition coefficient (Wildman–Crippen LogP) is 2.76. The van der Waals surface area contributed by atoms with Crippen molar-refractivity contribution in [3.05, 3.63) is 0 Å². The van der Waals surface area contributed by atoms with Gasteiger partial charge in [-0.25, -0.2) is 0 Å². The fourth-order valence-electron chi connectivity index (χ4n) is 3.21. The summed E-state index contributed by atoms with van der Waals surface area (Å²) in [7, 11) is 0. The Kier molecular flexibility index (Phi) is 5.05. The van der Waals surface area contributed by atoms with Gasteiger partial charge in [-0.1, -0.05) is 13.8 Å². The molecule has 18 heavy (non-hydrogen) atoms. The Bertz CT molecular complexity index is 241. The van der Waals surface area contributed by atoms with Crippen LogP contribution in [-0.2, 0) is 9.47 Å². The van der Waals surface area contributed by atoms with E-state index in [1.807, 2.05) is 0 Å². The molecule has 2 saturated heterocycles. The highest BCUT2D eigenvalue weighted by atomic mass is 16.5. The van der Waals surface area contributed by atoms with Gasteiger partial charge in [0.25, 0.3) is 0 Å². The van der Waals surface area contributed by atoms with E-state index in [1.54, 1.807) is 0 Å². The topological polar surface area (TPSA) is 38.7 Å². The Hall–Kier alpha value is -0.120. The normalized spacial score (nSPS) is 29.7. The zero-order valence-corrected chi connectivity index (χ0v) is 11.9. The van der Waals surface area contributed by atoms with Gasteiger partial charge in [-0.2, -0.15) is 0 Å². The molecular formula is C15H28O3. The van der Waals surface area contributed by atoms with Crippen LogP contribution >= 0.6 is 0 Å². The lowest BCUT2D eigenvalue weighted by Gasteiger charge is -2.43. The van der Waals surface area contributed by atoms with E-state index in [2.05, 4.69) is 13.8 Å². The lowest BCUT2D eigenvalue weighted by atomic mass is 9.78. The molecule has 0 bridgehead atoms. The Morgan fingerprint density at radius 3 is 2.61 bits per heavy atom. The van der Waals surface area contributed by atoms with Gasteiger partial charge >= 0.3 is 0 Å².